The molecule has 138 valence electrons. The minimum absolute atomic E-state index is 0.00371. The molecule has 3 aromatic carbocycles. The Labute approximate surface area is 156 Å². The van der Waals surface area contributed by atoms with Crippen molar-refractivity contribution in [2.24, 2.45) is 0 Å². The van der Waals surface area contributed by atoms with E-state index in [9.17, 15) is 14.9 Å². The Morgan fingerprint density at radius 3 is 2.52 bits per heavy atom. The van der Waals surface area contributed by atoms with Crippen LogP contribution in [-0.2, 0) is 4.79 Å². The van der Waals surface area contributed by atoms with Crippen LogP contribution < -0.4 is 10.1 Å². The van der Waals surface area contributed by atoms with Gasteiger partial charge in [-0.1, -0.05) is 42.5 Å². The number of nitrogens with zero attached hydrogens (tertiary/aromatic N) is 1. The normalized spacial score (nSPS) is 11.7. The van der Waals surface area contributed by atoms with Crippen LogP contribution in [0.4, 0.5) is 5.69 Å². The number of nitrogens with one attached hydrogen (secondary N) is 1. The monoisotopic (exact) mass is 364 g/mol. The molecule has 0 aliphatic carbocycles. The van der Waals surface area contributed by atoms with Crippen LogP contribution in [0.1, 0.15) is 24.9 Å². The van der Waals surface area contributed by atoms with Gasteiger partial charge in [0.2, 0.25) is 5.91 Å². The van der Waals surface area contributed by atoms with Gasteiger partial charge < -0.3 is 10.1 Å². The van der Waals surface area contributed by atoms with Crippen LogP contribution >= 0.6 is 0 Å². The molecular weight excluding hydrogens is 344 g/mol. The van der Waals surface area contributed by atoms with Crippen LogP contribution in [-0.4, -0.2) is 17.4 Å². The average Bonchev–Trinajstić information content (AvgIpc) is 2.68. The molecule has 0 radical (unpaired) electrons. The number of fused-ring (bicyclic) bond motifs is 1. The van der Waals surface area contributed by atoms with Gasteiger partial charge in [0.05, 0.1) is 24.0 Å². The van der Waals surface area contributed by atoms with Crippen molar-refractivity contribution in [3.05, 3.63) is 82.4 Å². The molecule has 0 spiro atoms. The summed E-state index contributed by atoms with van der Waals surface area (Å²) in [5.74, 6) is 0.382. The number of carbonyl (C=O) groups excluding carboxylic acids is 1. The van der Waals surface area contributed by atoms with Crippen LogP contribution in [0.15, 0.2) is 66.7 Å². The molecule has 0 bridgehead atoms. The smallest absolute Gasteiger partial charge is 0.269 e. The van der Waals surface area contributed by atoms with Gasteiger partial charge >= 0.3 is 0 Å². The number of rotatable bonds is 7. The van der Waals surface area contributed by atoms with Crippen molar-refractivity contribution in [1.82, 2.24) is 5.32 Å². The van der Waals surface area contributed by atoms with E-state index in [1.807, 2.05) is 49.4 Å². The average molecular weight is 364 g/mol. The van der Waals surface area contributed by atoms with Crippen molar-refractivity contribution in [2.45, 2.75) is 19.4 Å². The standard InChI is InChI=1S/C21H20N2O4/c1-15(19-8-4-6-16-5-2-3-7-20(16)19)22-21(24)13-14-27-18-11-9-17(10-12-18)23(25)26/h2-12,15H,13-14H2,1H3,(H,22,24). The van der Waals surface area contributed by atoms with E-state index in [0.29, 0.717) is 5.75 Å². The minimum atomic E-state index is -0.466. The first-order valence-corrected chi connectivity index (χ1v) is 8.69. The number of amides is 1. The minimum Gasteiger partial charge on any atom is -0.493 e. The molecule has 1 amide bonds. The Morgan fingerprint density at radius 1 is 1.07 bits per heavy atom. The molecule has 6 nitrogen and oxygen atoms in total. The fourth-order valence-corrected chi connectivity index (χ4v) is 2.95. The van der Waals surface area contributed by atoms with E-state index >= 15 is 0 Å². The Bertz CT molecular complexity index is 949. The van der Waals surface area contributed by atoms with Gasteiger partial charge in [-0.05, 0) is 35.4 Å². The third-order valence-electron chi connectivity index (χ3n) is 4.31. The molecular formula is C21H20N2O4. The zero-order chi connectivity index (χ0) is 19.2. The first-order valence-electron chi connectivity index (χ1n) is 8.69. The molecule has 1 unspecified atom stereocenters. The molecule has 27 heavy (non-hydrogen) atoms. The molecule has 0 heterocycles. The van der Waals surface area contributed by atoms with Gasteiger partial charge in [-0.3, -0.25) is 14.9 Å². The third kappa shape index (κ3) is 4.61. The lowest BCUT2D eigenvalue weighted by Gasteiger charge is -2.17. The number of nitro groups is 1. The summed E-state index contributed by atoms with van der Waals surface area (Å²) in [6.45, 7) is 2.16. The Hall–Kier alpha value is -3.41. The Kier molecular flexibility index (Phi) is 5.66. The van der Waals surface area contributed by atoms with Crippen molar-refractivity contribution in [1.29, 1.82) is 0 Å². The van der Waals surface area contributed by atoms with Gasteiger partial charge in [0.15, 0.2) is 0 Å². The van der Waals surface area contributed by atoms with Crippen LogP contribution in [0.2, 0.25) is 0 Å². The largest absolute Gasteiger partial charge is 0.493 e. The molecule has 0 fully saturated rings. The van der Waals surface area contributed by atoms with Crippen molar-refractivity contribution >= 4 is 22.4 Å². The van der Waals surface area contributed by atoms with Gasteiger partial charge in [-0.15, -0.1) is 0 Å². The first kappa shape index (κ1) is 18.4. The van der Waals surface area contributed by atoms with E-state index in [1.165, 1.54) is 24.3 Å². The summed E-state index contributed by atoms with van der Waals surface area (Å²) in [7, 11) is 0. The van der Waals surface area contributed by atoms with Crippen molar-refractivity contribution in [3.8, 4) is 5.75 Å². The van der Waals surface area contributed by atoms with Crippen molar-refractivity contribution < 1.29 is 14.5 Å². The van der Waals surface area contributed by atoms with E-state index in [2.05, 4.69) is 5.32 Å². The SMILES string of the molecule is CC(NC(=O)CCOc1ccc([N+](=O)[O-])cc1)c1cccc2ccccc12. The number of non-ortho nitro benzene ring substituents is 1. The lowest BCUT2D eigenvalue weighted by Crippen LogP contribution is -2.28. The highest BCUT2D eigenvalue weighted by molar-refractivity contribution is 5.86. The summed E-state index contributed by atoms with van der Waals surface area (Å²) in [5, 5.41) is 15.9. The summed E-state index contributed by atoms with van der Waals surface area (Å²) in [4.78, 5) is 22.4. The summed E-state index contributed by atoms with van der Waals surface area (Å²) in [5.41, 5.74) is 1.07. The first-order chi connectivity index (χ1) is 13.0. The second-order valence-electron chi connectivity index (χ2n) is 6.21. The molecule has 3 aromatic rings. The van der Waals surface area contributed by atoms with Gasteiger partial charge in [0.25, 0.3) is 5.69 Å². The van der Waals surface area contributed by atoms with E-state index in [0.717, 1.165) is 16.3 Å². The quantitative estimate of drug-likeness (QED) is 0.498. The van der Waals surface area contributed by atoms with E-state index < -0.39 is 4.92 Å². The van der Waals surface area contributed by atoms with Crippen LogP contribution in [0, 0.1) is 10.1 Å². The molecule has 1 atom stereocenters. The second-order valence-corrected chi connectivity index (χ2v) is 6.21. The van der Waals surface area contributed by atoms with Crippen molar-refractivity contribution in [2.75, 3.05) is 6.61 Å². The van der Waals surface area contributed by atoms with E-state index in [1.54, 1.807) is 0 Å². The maximum atomic E-state index is 12.2. The predicted octanol–water partition coefficient (Wildman–Crippen LogP) is 4.39. The van der Waals surface area contributed by atoms with E-state index in [-0.39, 0.29) is 30.7 Å². The summed E-state index contributed by atoms with van der Waals surface area (Å²) in [6.07, 6.45) is 0.200. The van der Waals surface area contributed by atoms with Crippen LogP contribution in [0.3, 0.4) is 0 Å². The second kappa shape index (κ2) is 8.31. The van der Waals surface area contributed by atoms with E-state index in [4.69, 9.17) is 4.74 Å². The highest BCUT2D eigenvalue weighted by Crippen LogP contribution is 2.24. The zero-order valence-corrected chi connectivity index (χ0v) is 14.9. The molecule has 0 aromatic heterocycles. The topological polar surface area (TPSA) is 81.5 Å². The van der Waals surface area contributed by atoms with Crippen LogP contribution in [0.25, 0.3) is 10.8 Å². The highest BCUT2D eigenvalue weighted by Gasteiger charge is 2.12. The molecule has 0 saturated carbocycles. The van der Waals surface area contributed by atoms with Crippen molar-refractivity contribution in [3.63, 3.8) is 0 Å². The van der Waals surface area contributed by atoms with Crippen LogP contribution in [0.5, 0.6) is 5.75 Å². The molecule has 0 saturated heterocycles. The summed E-state index contributed by atoms with van der Waals surface area (Å²) in [6, 6.07) is 19.8. The lowest BCUT2D eigenvalue weighted by molar-refractivity contribution is -0.384. The lowest BCUT2D eigenvalue weighted by atomic mass is 9.99. The molecule has 3 rings (SSSR count). The number of hydrogen-bond donors (Lipinski definition) is 1. The number of hydrogen-bond acceptors (Lipinski definition) is 4. The third-order valence-corrected chi connectivity index (χ3v) is 4.31. The number of carbonyl (C=O) groups is 1. The number of benzene rings is 3. The fraction of sp³-hybridized carbons (Fsp3) is 0.190. The van der Waals surface area contributed by atoms with Gasteiger partial charge in [0, 0.05) is 12.1 Å². The van der Waals surface area contributed by atoms with Gasteiger partial charge in [-0.25, -0.2) is 0 Å². The molecule has 0 aliphatic heterocycles. The summed E-state index contributed by atoms with van der Waals surface area (Å²) < 4.78 is 5.49. The van der Waals surface area contributed by atoms with Gasteiger partial charge in [-0.2, -0.15) is 0 Å². The Morgan fingerprint density at radius 2 is 1.78 bits per heavy atom. The maximum absolute atomic E-state index is 12.2. The highest BCUT2D eigenvalue weighted by atomic mass is 16.6. The molecule has 1 N–H and O–H groups in total. The summed E-state index contributed by atoms with van der Waals surface area (Å²) >= 11 is 0. The van der Waals surface area contributed by atoms with Gasteiger partial charge in [0.1, 0.15) is 5.75 Å². The Balaban J connectivity index is 1.53. The fourth-order valence-electron chi connectivity index (χ4n) is 2.95. The predicted molar refractivity (Wildman–Crippen MR) is 104 cm³/mol. The number of nitro benzene ring substituents is 1. The number of ether oxygens (including phenoxy) is 1. The zero-order valence-electron chi connectivity index (χ0n) is 14.9. The maximum Gasteiger partial charge on any atom is 0.269 e. The molecule has 6 heteroatoms. The molecule has 0 aliphatic rings.